The van der Waals surface area contributed by atoms with Crippen molar-refractivity contribution >= 4 is 10.4 Å². The molecule has 0 bridgehead atoms. The molecule has 0 N–H and O–H groups in total. The van der Waals surface area contributed by atoms with Crippen molar-refractivity contribution in [3.8, 4) is 0 Å². The SMILES string of the molecule is CCCCC(C)CCCCCCCCCCOS(=O)(=O)OCCCCCCCCCCC(C)CCCC. The number of rotatable bonds is 30. The third-order valence-corrected chi connectivity index (χ3v) is 8.65. The molecule has 0 heterocycles. The molecule has 0 aliphatic rings. The fraction of sp³-hybridized carbons (Fsp3) is 1.00. The zero-order valence-corrected chi connectivity index (χ0v) is 26.4. The van der Waals surface area contributed by atoms with E-state index in [0.717, 1.165) is 50.4 Å². The largest absolute Gasteiger partial charge is 0.399 e. The van der Waals surface area contributed by atoms with Gasteiger partial charge in [0.05, 0.1) is 13.2 Å². The molecule has 0 spiro atoms. The van der Waals surface area contributed by atoms with Crippen molar-refractivity contribution in [1.29, 1.82) is 0 Å². The Morgan fingerprint density at radius 1 is 0.432 bits per heavy atom. The molecule has 0 aliphatic heterocycles. The highest BCUT2D eigenvalue weighted by Gasteiger charge is 2.11. The van der Waals surface area contributed by atoms with Crippen molar-refractivity contribution in [1.82, 2.24) is 0 Å². The molecule has 224 valence electrons. The van der Waals surface area contributed by atoms with Crippen LogP contribution in [0.1, 0.15) is 182 Å². The molecule has 0 saturated carbocycles. The maximum Gasteiger partial charge on any atom is 0.399 e. The van der Waals surface area contributed by atoms with Gasteiger partial charge in [0.25, 0.3) is 0 Å². The average Bonchev–Trinajstić information content (AvgIpc) is 2.87. The van der Waals surface area contributed by atoms with Crippen LogP contribution in [-0.2, 0) is 18.8 Å². The molecular formula is C32H66O4S. The van der Waals surface area contributed by atoms with E-state index in [2.05, 4.69) is 27.7 Å². The molecule has 0 fully saturated rings. The second-order valence-electron chi connectivity index (χ2n) is 11.8. The minimum atomic E-state index is -3.82. The highest BCUT2D eigenvalue weighted by Crippen LogP contribution is 2.18. The van der Waals surface area contributed by atoms with E-state index in [0.29, 0.717) is 0 Å². The number of unbranched alkanes of at least 4 members (excludes halogenated alkanes) is 16. The van der Waals surface area contributed by atoms with E-state index in [1.165, 1.54) is 116 Å². The van der Waals surface area contributed by atoms with Crippen LogP contribution in [0.3, 0.4) is 0 Å². The fourth-order valence-electron chi connectivity index (χ4n) is 5.06. The molecule has 0 rings (SSSR count). The quantitative estimate of drug-likeness (QED) is 0.0841. The lowest BCUT2D eigenvalue weighted by molar-refractivity contribution is 0.208. The smallest absolute Gasteiger partial charge is 0.248 e. The molecular weight excluding hydrogens is 480 g/mol. The van der Waals surface area contributed by atoms with Gasteiger partial charge < -0.3 is 0 Å². The summed E-state index contributed by atoms with van der Waals surface area (Å²) in [5.74, 6) is 1.78. The molecule has 0 aromatic rings. The van der Waals surface area contributed by atoms with Gasteiger partial charge in [-0.15, -0.1) is 0 Å². The molecule has 0 radical (unpaired) electrons. The second kappa shape index (κ2) is 27.4. The van der Waals surface area contributed by atoms with Gasteiger partial charge in [0.15, 0.2) is 0 Å². The van der Waals surface area contributed by atoms with Crippen molar-refractivity contribution < 1.29 is 16.8 Å². The third kappa shape index (κ3) is 28.7. The van der Waals surface area contributed by atoms with Gasteiger partial charge in [0, 0.05) is 0 Å². The van der Waals surface area contributed by atoms with Crippen molar-refractivity contribution in [3.63, 3.8) is 0 Å². The van der Waals surface area contributed by atoms with E-state index in [9.17, 15) is 8.42 Å². The van der Waals surface area contributed by atoms with E-state index in [1.54, 1.807) is 0 Å². The van der Waals surface area contributed by atoms with Gasteiger partial charge in [-0.05, 0) is 24.7 Å². The highest BCUT2D eigenvalue weighted by molar-refractivity contribution is 7.81. The standard InChI is InChI=1S/C32H66O4S/c1-5-7-25-31(3)27-21-17-13-9-11-15-19-23-29-35-37(33,34)36-30-24-20-16-12-10-14-18-22-28-32(4)26-8-6-2/h31-32H,5-30H2,1-4H3. The van der Waals surface area contributed by atoms with E-state index in [4.69, 9.17) is 8.37 Å². The van der Waals surface area contributed by atoms with E-state index >= 15 is 0 Å². The van der Waals surface area contributed by atoms with Crippen LogP contribution in [0.2, 0.25) is 0 Å². The van der Waals surface area contributed by atoms with Crippen molar-refractivity contribution in [2.24, 2.45) is 11.8 Å². The minimum absolute atomic E-state index is 0.245. The summed E-state index contributed by atoms with van der Waals surface area (Å²) in [7, 11) is -3.82. The monoisotopic (exact) mass is 546 g/mol. The lowest BCUT2D eigenvalue weighted by Crippen LogP contribution is -2.12. The van der Waals surface area contributed by atoms with Gasteiger partial charge in [-0.25, -0.2) is 8.37 Å². The summed E-state index contributed by atoms with van der Waals surface area (Å²) in [6.07, 6.45) is 30.1. The maximum atomic E-state index is 11.9. The topological polar surface area (TPSA) is 52.6 Å². The van der Waals surface area contributed by atoms with E-state index in [-0.39, 0.29) is 13.2 Å². The molecule has 0 aliphatic carbocycles. The molecule has 0 aromatic carbocycles. The molecule has 0 amide bonds. The minimum Gasteiger partial charge on any atom is -0.248 e. The summed E-state index contributed by atoms with van der Waals surface area (Å²) < 4.78 is 33.8. The van der Waals surface area contributed by atoms with Gasteiger partial charge in [-0.1, -0.05) is 169 Å². The van der Waals surface area contributed by atoms with E-state index < -0.39 is 10.4 Å². The Labute approximate surface area is 233 Å². The molecule has 0 aromatic heterocycles. The first-order valence-electron chi connectivity index (χ1n) is 16.4. The van der Waals surface area contributed by atoms with Crippen LogP contribution >= 0.6 is 0 Å². The van der Waals surface area contributed by atoms with Crippen LogP contribution in [0.25, 0.3) is 0 Å². The van der Waals surface area contributed by atoms with Crippen LogP contribution in [0.5, 0.6) is 0 Å². The summed E-state index contributed by atoms with van der Waals surface area (Å²) in [6, 6.07) is 0. The van der Waals surface area contributed by atoms with Crippen LogP contribution in [0.4, 0.5) is 0 Å². The third-order valence-electron chi connectivity index (χ3n) is 7.74. The Bertz CT molecular complexity index is 507. The number of hydrogen-bond donors (Lipinski definition) is 0. The molecule has 2 atom stereocenters. The Balaban J connectivity index is 3.38. The molecule has 37 heavy (non-hydrogen) atoms. The summed E-state index contributed by atoms with van der Waals surface area (Å²) in [4.78, 5) is 0. The Morgan fingerprint density at radius 3 is 1.03 bits per heavy atom. The van der Waals surface area contributed by atoms with Crippen molar-refractivity contribution in [3.05, 3.63) is 0 Å². The number of hydrogen-bond acceptors (Lipinski definition) is 4. The van der Waals surface area contributed by atoms with Crippen LogP contribution < -0.4 is 0 Å². The first kappa shape index (κ1) is 36.9. The zero-order valence-electron chi connectivity index (χ0n) is 25.6. The van der Waals surface area contributed by atoms with Gasteiger partial charge in [-0.3, -0.25) is 0 Å². The summed E-state index contributed by atoms with van der Waals surface area (Å²) in [5.41, 5.74) is 0. The van der Waals surface area contributed by atoms with Gasteiger partial charge in [-0.2, -0.15) is 8.42 Å². The molecule has 5 heteroatoms. The molecule has 2 unspecified atom stereocenters. The van der Waals surface area contributed by atoms with Gasteiger partial charge >= 0.3 is 10.4 Å². The van der Waals surface area contributed by atoms with Gasteiger partial charge in [0.1, 0.15) is 0 Å². The Kier molecular flexibility index (Phi) is 27.3. The van der Waals surface area contributed by atoms with Gasteiger partial charge in [0.2, 0.25) is 0 Å². The predicted molar refractivity (Wildman–Crippen MR) is 161 cm³/mol. The van der Waals surface area contributed by atoms with E-state index in [1.807, 2.05) is 0 Å². The lowest BCUT2D eigenvalue weighted by atomic mass is 9.97. The average molecular weight is 547 g/mol. The first-order chi connectivity index (χ1) is 17.9. The predicted octanol–water partition coefficient (Wildman–Crippen LogP) is 10.9. The summed E-state index contributed by atoms with van der Waals surface area (Å²) in [5, 5.41) is 0. The van der Waals surface area contributed by atoms with Crippen LogP contribution in [0.15, 0.2) is 0 Å². The Morgan fingerprint density at radius 2 is 0.703 bits per heavy atom. The normalized spacial score (nSPS) is 13.7. The molecule has 0 saturated heterocycles. The van der Waals surface area contributed by atoms with Crippen LogP contribution in [-0.4, -0.2) is 21.6 Å². The Hall–Kier alpha value is -0.130. The lowest BCUT2D eigenvalue weighted by Gasteiger charge is -2.10. The van der Waals surface area contributed by atoms with Crippen molar-refractivity contribution in [2.75, 3.05) is 13.2 Å². The summed E-state index contributed by atoms with van der Waals surface area (Å²) >= 11 is 0. The second-order valence-corrected chi connectivity index (χ2v) is 13.1. The summed E-state index contributed by atoms with van der Waals surface area (Å²) in [6.45, 7) is 9.82. The van der Waals surface area contributed by atoms with Crippen LogP contribution in [0, 0.1) is 11.8 Å². The maximum absolute atomic E-state index is 11.9. The fourth-order valence-corrected chi connectivity index (χ4v) is 5.77. The first-order valence-corrected chi connectivity index (χ1v) is 17.8. The van der Waals surface area contributed by atoms with Crippen molar-refractivity contribution in [2.45, 2.75) is 182 Å². The highest BCUT2D eigenvalue weighted by atomic mass is 32.3. The zero-order chi connectivity index (χ0) is 27.5. The molecule has 4 nitrogen and oxygen atoms in total.